The molecule has 2 fully saturated rings. The molecule has 2 aromatic carbocycles. The summed E-state index contributed by atoms with van der Waals surface area (Å²) in [6.07, 6.45) is 0.00292. The number of benzene rings is 2. The number of piperidine rings is 1. The number of hydrogen-bond acceptors (Lipinski definition) is 4. The van der Waals surface area contributed by atoms with Gasteiger partial charge in [-0.2, -0.15) is 0 Å². The van der Waals surface area contributed by atoms with Gasteiger partial charge in [-0.05, 0) is 18.1 Å². The highest BCUT2D eigenvalue weighted by molar-refractivity contribution is 5.69. The van der Waals surface area contributed by atoms with Crippen LogP contribution >= 0.6 is 0 Å². The van der Waals surface area contributed by atoms with E-state index in [2.05, 4.69) is 0 Å². The minimum atomic E-state index is -1.33. The Kier molecular flexibility index (Phi) is 5.08. The van der Waals surface area contributed by atoms with Crippen molar-refractivity contribution in [3.8, 4) is 0 Å². The molecule has 2 heterocycles. The second kappa shape index (κ2) is 7.53. The number of fused-ring (bicyclic) bond motifs is 2. The van der Waals surface area contributed by atoms with E-state index in [4.69, 9.17) is 9.47 Å². The van der Waals surface area contributed by atoms with Crippen molar-refractivity contribution in [2.24, 2.45) is 0 Å². The molecule has 2 atom stereocenters. The summed E-state index contributed by atoms with van der Waals surface area (Å²) in [5, 5.41) is 11.3. The lowest BCUT2D eigenvalue weighted by Gasteiger charge is -2.51. The maximum atomic E-state index is 14.7. The van der Waals surface area contributed by atoms with Crippen LogP contribution in [0.25, 0.3) is 0 Å². The van der Waals surface area contributed by atoms with E-state index in [1.165, 1.54) is 0 Å². The first-order valence-corrected chi connectivity index (χ1v) is 9.53. The average Bonchev–Trinajstić information content (AvgIpc) is 2.68. The van der Waals surface area contributed by atoms with E-state index >= 15 is 0 Å². The molecule has 0 spiro atoms. The number of ether oxygens (including phenoxy) is 2. The predicted molar refractivity (Wildman–Crippen MR) is 101 cm³/mol. The SMILES string of the molecule is Cc1cccc(C2(O)CC3COCC(C2)N3C(=O)OCc2ccccc2)c1F. The fourth-order valence-electron chi connectivity index (χ4n) is 4.30. The molecular formula is C22H24FNO4. The average molecular weight is 385 g/mol. The summed E-state index contributed by atoms with van der Waals surface area (Å²) in [5.74, 6) is -0.385. The molecule has 2 aliphatic heterocycles. The number of carbonyl (C=O) groups excluding carboxylic acids is 1. The first-order valence-electron chi connectivity index (χ1n) is 9.53. The van der Waals surface area contributed by atoms with Crippen molar-refractivity contribution in [1.82, 2.24) is 4.90 Å². The Morgan fingerprint density at radius 2 is 1.86 bits per heavy atom. The fraction of sp³-hybridized carbons (Fsp3) is 0.409. The van der Waals surface area contributed by atoms with Gasteiger partial charge in [0.1, 0.15) is 12.4 Å². The Morgan fingerprint density at radius 1 is 1.18 bits per heavy atom. The third kappa shape index (κ3) is 3.50. The van der Waals surface area contributed by atoms with Crippen LogP contribution < -0.4 is 0 Å². The summed E-state index contributed by atoms with van der Waals surface area (Å²) in [5.41, 5.74) is 0.372. The number of hydrogen-bond donors (Lipinski definition) is 1. The third-order valence-corrected chi connectivity index (χ3v) is 5.66. The molecule has 5 nitrogen and oxygen atoms in total. The Labute approximate surface area is 163 Å². The van der Waals surface area contributed by atoms with E-state index < -0.39 is 11.7 Å². The Hall–Kier alpha value is -2.44. The molecule has 1 amide bonds. The number of aliphatic hydroxyl groups is 1. The standard InChI is InChI=1S/C22H24FNO4/c1-15-6-5-9-19(20(15)23)22(26)10-17-13-27-14-18(11-22)24(17)21(25)28-12-16-7-3-2-4-8-16/h2-9,17-18,26H,10-14H2,1H3. The molecule has 2 aliphatic rings. The summed E-state index contributed by atoms with van der Waals surface area (Å²) in [6.45, 7) is 2.47. The summed E-state index contributed by atoms with van der Waals surface area (Å²) >= 11 is 0. The normalized spacial score (nSPS) is 26.8. The van der Waals surface area contributed by atoms with Gasteiger partial charge in [0.05, 0.1) is 30.9 Å². The lowest BCUT2D eigenvalue weighted by atomic mass is 9.76. The monoisotopic (exact) mass is 385 g/mol. The van der Waals surface area contributed by atoms with Crippen LogP contribution in [0.5, 0.6) is 0 Å². The molecule has 0 aromatic heterocycles. The highest BCUT2D eigenvalue weighted by atomic mass is 19.1. The van der Waals surface area contributed by atoms with Crippen molar-refractivity contribution in [2.75, 3.05) is 13.2 Å². The Balaban J connectivity index is 1.52. The zero-order valence-corrected chi connectivity index (χ0v) is 15.8. The molecule has 6 heteroatoms. The van der Waals surface area contributed by atoms with Gasteiger partial charge >= 0.3 is 6.09 Å². The molecule has 2 bridgehead atoms. The number of morpholine rings is 1. The molecule has 0 saturated carbocycles. The van der Waals surface area contributed by atoms with Gasteiger partial charge in [0.25, 0.3) is 0 Å². The van der Waals surface area contributed by atoms with E-state index in [1.54, 1.807) is 30.0 Å². The predicted octanol–water partition coefficient (Wildman–Crippen LogP) is 3.52. The van der Waals surface area contributed by atoms with Gasteiger partial charge in [-0.3, -0.25) is 4.90 Å². The van der Waals surface area contributed by atoms with Gasteiger partial charge in [-0.1, -0.05) is 48.5 Å². The quantitative estimate of drug-likeness (QED) is 0.878. The molecule has 2 aromatic rings. The number of amides is 1. The highest BCUT2D eigenvalue weighted by Gasteiger charge is 2.50. The maximum Gasteiger partial charge on any atom is 0.410 e. The second-order valence-corrected chi connectivity index (χ2v) is 7.67. The molecule has 2 saturated heterocycles. The van der Waals surface area contributed by atoms with Gasteiger partial charge in [-0.15, -0.1) is 0 Å². The first kappa shape index (κ1) is 18.9. The number of carbonyl (C=O) groups is 1. The minimum absolute atomic E-state index is 0.188. The zero-order valence-electron chi connectivity index (χ0n) is 15.8. The first-order chi connectivity index (χ1) is 13.5. The second-order valence-electron chi connectivity index (χ2n) is 7.67. The molecule has 1 N–H and O–H groups in total. The summed E-state index contributed by atoms with van der Waals surface area (Å²) in [6, 6.07) is 13.8. The number of halogens is 1. The topological polar surface area (TPSA) is 59.0 Å². The number of aryl methyl sites for hydroxylation is 1. The largest absolute Gasteiger partial charge is 0.445 e. The van der Waals surface area contributed by atoms with Crippen molar-refractivity contribution in [1.29, 1.82) is 0 Å². The van der Waals surface area contributed by atoms with E-state index in [1.807, 2.05) is 30.3 Å². The van der Waals surface area contributed by atoms with Crippen molar-refractivity contribution in [2.45, 2.75) is 44.1 Å². The smallest absolute Gasteiger partial charge is 0.410 e. The van der Waals surface area contributed by atoms with E-state index in [0.29, 0.717) is 24.3 Å². The molecule has 4 rings (SSSR count). The Morgan fingerprint density at radius 3 is 2.54 bits per heavy atom. The molecular weight excluding hydrogens is 361 g/mol. The molecule has 148 valence electrons. The van der Waals surface area contributed by atoms with Gasteiger partial charge in [0.15, 0.2) is 0 Å². The Bertz CT molecular complexity index is 843. The third-order valence-electron chi connectivity index (χ3n) is 5.66. The van der Waals surface area contributed by atoms with Crippen LogP contribution in [0.4, 0.5) is 9.18 Å². The van der Waals surface area contributed by atoms with Crippen molar-refractivity contribution in [3.63, 3.8) is 0 Å². The molecule has 0 radical (unpaired) electrons. The van der Waals surface area contributed by atoms with Crippen LogP contribution in [0.1, 0.15) is 29.5 Å². The molecule has 0 aliphatic carbocycles. The molecule has 2 unspecified atom stereocenters. The van der Waals surface area contributed by atoms with Crippen LogP contribution in [0.2, 0.25) is 0 Å². The number of rotatable bonds is 3. The molecule has 28 heavy (non-hydrogen) atoms. The van der Waals surface area contributed by atoms with Gasteiger partial charge in [0, 0.05) is 18.4 Å². The number of nitrogens with zero attached hydrogens (tertiary/aromatic N) is 1. The summed E-state index contributed by atoms with van der Waals surface area (Å²) in [4.78, 5) is 14.4. The summed E-state index contributed by atoms with van der Waals surface area (Å²) < 4.78 is 25.8. The maximum absolute atomic E-state index is 14.7. The van der Waals surface area contributed by atoms with Crippen LogP contribution in [-0.2, 0) is 21.7 Å². The van der Waals surface area contributed by atoms with Crippen LogP contribution in [0.3, 0.4) is 0 Å². The summed E-state index contributed by atoms with van der Waals surface area (Å²) in [7, 11) is 0. The van der Waals surface area contributed by atoms with Crippen LogP contribution in [0, 0.1) is 12.7 Å². The van der Waals surface area contributed by atoms with Gasteiger partial charge in [-0.25, -0.2) is 9.18 Å². The van der Waals surface area contributed by atoms with E-state index in [9.17, 15) is 14.3 Å². The van der Waals surface area contributed by atoms with Gasteiger partial charge < -0.3 is 14.6 Å². The fourth-order valence-corrected chi connectivity index (χ4v) is 4.30. The zero-order chi connectivity index (χ0) is 19.7. The lowest BCUT2D eigenvalue weighted by molar-refractivity contribution is -0.137. The van der Waals surface area contributed by atoms with Crippen LogP contribution in [0.15, 0.2) is 48.5 Å². The van der Waals surface area contributed by atoms with Gasteiger partial charge in [0.2, 0.25) is 0 Å². The van der Waals surface area contributed by atoms with E-state index in [0.717, 1.165) is 5.56 Å². The van der Waals surface area contributed by atoms with Crippen molar-refractivity contribution < 1.29 is 23.8 Å². The van der Waals surface area contributed by atoms with Crippen molar-refractivity contribution in [3.05, 3.63) is 71.0 Å². The minimum Gasteiger partial charge on any atom is -0.445 e. The van der Waals surface area contributed by atoms with Crippen molar-refractivity contribution >= 4 is 6.09 Å². The van der Waals surface area contributed by atoms with Crippen LogP contribution in [-0.4, -0.2) is 41.4 Å². The highest BCUT2D eigenvalue weighted by Crippen LogP contribution is 2.42. The van der Waals surface area contributed by atoms with E-state index in [-0.39, 0.29) is 37.3 Å². The lowest BCUT2D eigenvalue weighted by Crippen LogP contribution is -2.62.